The van der Waals surface area contributed by atoms with Crippen LogP contribution in [0.2, 0.25) is 0 Å². The Kier molecular flexibility index (Phi) is 5.45. The maximum absolute atomic E-state index is 11.1. The molecule has 0 aliphatic carbocycles. The zero-order chi connectivity index (χ0) is 15.3. The summed E-state index contributed by atoms with van der Waals surface area (Å²) in [5.41, 5.74) is 11.7. The molecule has 1 aromatic rings. The number of nitrogens with two attached hydrogens (primary N) is 2. The van der Waals surface area contributed by atoms with Gasteiger partial charge in [0.05, 0.1) is 11.5 Å². The van der Waals surface area contributed by atoms with Crippen LogP contribution in [0.3, 0.4) is 0 Å². The van der Waals surface area contributed by atoms with E-state index >= 15 is 0 Å². The van der Waals surface area contributed by atoms with Crippen molar-refractivity contribution < 1.29 is 9.72 Å². The van der Waals surface area contributed by atoms with E-state index in [1.54, 1.807) is 12.1 Å². The average Bonchev–Trinajstić information content (AvgIpc) is 2.29. The fourth-order valence-corrected chi connectivity index (χ4v) is 2.06. The topological polar surface area (TPSA) is 115 Å². The van der Waals surface area contributed by atoms with Crippen LogP contribution >= 0.6 is 0 Å². The van der Waals surface area contributed by atoms with Crippen LogP contribution in [-0.2, 0) is 11.3 Å². The predicted octanol–water partition coefficient (Wildman–Crippen LogP) is 1.12. The summed E-state index contributed by atoms with van der Waals surface area (Å²) in [6.45, 7) is 5.15. The van der Waals surface area contributed by atoms with Crippen LogP contribution in [0.1, 0.15) is 19.4 Å². The Bertz CT molecular complexity index is 502. The first-order chi connectivity index (χ1) is 9.31. The lowest BCUT2D eigenvalue weighted by Gasteiger charge is -2.23. The first-order valence-corrected chi connectivity index (χ1v) is 6.33. The normalized spacial score (nSPS) is 11.0. The molecule has 7 heteroatoms. The van der Waals surface area contributed by atoms with Gasteiger partial charge in [0, 0.05) is 19.2 Å². The molecule has 0 aromatic heterocycles. The van der Waals surface area contributed by atoms with E-state index in [1.807, 2.05) is 18.7 Å². The van der Waals surface area contributed by atoms with Crippen molar-refractivity contribution in [2.45, 2.75) is 20.4 Å². The fourth-order valence-electron chi connectivity index (χ4n) is 2.06. The van der Waals surface area contributed by atoms with Gasteiger partial charge in [-0.2, -0.15) is 0 Å². The second-order valence-electron chi connectivity index (χ2n) is 5.14. The minimum atomic E-state index is -0.514. The number of nitrogens with zero attached hydrogens (tertiary/aromatic N) is 2. The van der Waals surface area contributed by atoms with Gasteiger partial charge in [0.15, 0.2) is 0 Å². The standard InChI is InChI=1S/C13H20N4O3/c1-9(2)6-16(8-12(14)18)7-10-4-3-5-11(13(10)15)17(19)20/h3-5,9H,6-8,15H2,1-2H3,(H2,14,18). The highest BCUT2D eigenvalue weighted by Crippen LogP contribution is 2.25. The minimum Gasteiger partial charge on any atom is -0.393 e. The third kappa shape index (κ3) is 4.51. The molecule has 0 saturated heterocycles. The van der Waals surface area contributed by atoms with Crippen molar-refractivity contribution in [3.63, 3.8) is 0 Å². The van der Waals surface area contributed by atoms with E-state index in [0.717, 1.165) is 0 Å². The van der Waals surface area contributed by atoms with E-state index in [0.29, 0.717) is 24.6 Å². The molecule has 20 heavy (non-hydrogen) atoms. The Balaban J connectivity index is 2.95. The minimum absolute atomic E-state index is 0.0975. The molecule has 0 spiro atoms. The van der Waals surface area contributed by atoms with Gasteiger partial charge in [-0.05, 0) is 11.5 Å². The molecule has 0 unspecified atom stereocenters. The molecule has 0 bridgehead atoms. The number of primary amides is 1. The maximum Gasteiger partial charge on any atom is 0.292 e. The highest BCUT2D eigenvalue weighted by atomic mass is 16.6. The third-order valence-electron chi connectivity index (χ3n) is 2.77. The summed E-state index contributed by atoms with van der Waals surface area (Å²) in [5, 5.41) is 10.9. The number of carbonyl (C=O) groups excluding carboxylic acids is 1. The molecule has 0 saturated carbocycles. The fraction of sp³-hybridized carbons (Fsp3) is 0.462. The molecule has 0 aliphatic heterocycles. The van der Waals surface area contributed by atoms with Crippen molar-refractivity contribution >= 4 is 17.3 Å². The van der Waals surface area contributed by atoms with Crippen LogP contribution in [0, 0.1) is 16.0 Å². The largest absolute Gasteiger partial charge is 0.393 e. The van der Waals surface area contributed by atoms with Crippen molar-refractivity contribution in [2.75, 3.05) is 18.8 Å². The third-order valence-corrected chi connectivity index (χ3v) is 2.77. The van der Waals surface area contributed by atoms with Gasteiger partial charge in [-0.15, -0.1) is 0 Å². The number of nitrogen functional groups attached to an aromatic ring is 1. The number of nitro benzene ring substituents is 1. The number of anilines is 1. The zero-order valence-corrected chi connectivity index (χ0v) is 11.7. The van der Waals surface area contributed by atoms with Crippen LogP contribution in [0.4, 0.5) is 11.4 Å². The summed E-state index contributed by atoms with van der Waals surface area (Å²) in [7, 11) is 0. The van der Waals surface area contributed by atoms with Crippen LogP contribution in [0.15, 0.2) is 18.2 Å². The van der Waals surface area contributed by atoms with E-state index < -0.39 is 10.8 Å². The molecule has 0 heterocycles. The van der Waals surface area contributed by atoms with Gasteiger partial charge >= 0.3 is 0 Å². The van der Waals surface area contributed by atoms with Crippen LogP contribution in [-0.4, -0.2) is 28.8 Å². The van der Waals surface area contributed by atoms with Crippen molar-refractivity contribution in [2.24, 2.45) is 11.7 Å². The van der Waals surface area contributed by atoms with Crippen molar-refractivity contribution in [1.29, 1.82) is 0 Å². The Hall–Kier alpha value is -2.15. The molecular formula is C13H20N4O3. The number of nitro groups is 1. The second-order valence-corrected chi connectivity index (χ2v) is 5.14. The van der Waals surface area contributed by atoms with E-state index in [-0.39, 0.29) is 17.9 Å². The van der Waals surface area contributed by atoms with Crippen LogP contribution in [0.5, 0.6) is 0 Å². The molecule has 0 radical (unpaired) electrons. The lowest BCUT2D eigenvalue weighted by atomic mass is 10.1. The Morgan fingerprint density at radius 2 is 2.10 bits per heavy atom. The first-order valence-electron chi connectivity index (χ1n) is 6.33. The van der Waals surface area contributed by atoms with Crippen LogP contribution in [0.25, 0.3) is 0 Å². The van der Waals surface area contributed by atoms with Gasteiger partial charge in [0.25, 0.3) is 5.69 Å². The SMILES string of the molecule is CC(C)CN(CC(N)=O)Cc1cccc([N+](=O)[O-])c1N. The summed E-state index contributed by atoms with van der Waals surface area (Å²) < 4.78 is 0. The van der Waals surface area contributed by atoms with Gasteiger partial charge in [-0.25, -0.2) is 0 Å². The van der Waals surface area contributed by atoms with Gasteiger partial charge in [0.2, 0.25) is 5.91 Å². The smallest absolute Gasteiger partial charge is 0.292 e. The van der Waals surface area contributed by atoms with Crippen molar-refractivity contribution in [3.8, 4) is 0 Å². The quantitative estimate of drug-likeness (QED) is 0.441. The molecule has 1 aromatic carbocycles. The van der Waals surface area contributed by atoms with Gasteiger partial charge in [0.1, 0.15) is 5.69 Å². The lowest BCUT2D eigenvalue weighted by molar-refractivity contribution is -0.384. The molecule has 4 N–H and O–H groups in total. The van der Waals surface area contributed by atoms with Crippen molar-refractivity contribution in [3.05, 3.63) is 33.9 Å². The lowest BCUT2D eigenvalue weighted by Crippen LogP contribution is -2.36. The summed E-state index contributed by atoms with van der Waals surface area (Å²) >= 11 is 0. The molecular weight excluding hydrogens is 260 g/mol. The molecule has 1 amide bonds. The summed E-state index contributed by atoms with van der Waals surface area (Å²) in [6.07, 6.45) is 0. The number of hydrogen-bond acceptors (Lipinski definition) is 5. The summed E-state index contributed by atoms with van der Waals surface area (Å²) in [4.78, 5) is 23.3. The predicted molar refractivity (Wildman–Crippen MR) is 76.8 cm³/mol. The Morgan fingerprint density at radius 1 is 1.45 bits per heavy atom. The van der Waals surface area contributed by atoms with E-state index in [1.165, 1.54) is 6.07 Å². The van der Waals surface area contributed by atoms with Gasteiger partial charge in [-0.3, -0.25) is 19.8 Å². The molecule has 0 atom stereocenters. The molecule has 0 aliphatic rings. The first kappa shape index (κ1) is 15.9. The van der Waals surface area contributed by atoms with E-state index in [4.69, 9.17) is 11.5 Å². The molecule has 7 nitrogen and oxygen atoms in total. The average molecular weight is 280 g/mol. The van der Waals surface area contributed by atoms with Crippen molar-refractivity contribution in [1.82, 2.24) is 4.90 Å². The number of amides is 1. The number of benzene rings is 1. The highest BCUT2D eigenvalue weighted by molar-refractivity contribution is 5.76. The molecule has 1 rings (SSSR count). The second kappa shape index (κ2) is 6.85. The number of rotatable bonds is 7. The van der Waals surface area contributed by atoms with Crippen LogP contribution < -0.4 is 11.5 Å². The molecule has 110 valence electrons. The number of carbonyl (C=O) groups is 1. The number of hydrogen-bond donors (Lipinski definition) is 2. The van der Waals surface area contributed by atoms with E-state index in [2.05, 4.69) is 0 Å². The van der Waals surface area contributed by atoms with Gasteiger partial charge < -0.3 is 11.5 Å². The van der Waals surface area contributed by atoms with E-state index in [9.17, 15) is 14.9 Å². The van der Waals surface area contributed by atoms with Gasteiger partial charge in [-0.1, -0.05) is 26.0 Å². The molecule has 0 fully saturated rings. The monoisotopic (exact) mass is 280 g/mol. The zero-order valence-electron chi connectivity index (χ0n) is 11.7. The Labute approximate surface area is 117 Å². The Morgan fingerprint density at radius 3 is 2.60 bits per heavy atom. The summed E-state index contributed by atoms with van der Waals surface area (Å²) in [5.74, 6) is -0.0936. The maximum atomic E-state index is 11.1. The highest BCUT2D eigenvalue weighted by Gasteiger charge is 2.17. The summed E-state index contributed by atoms with van der Waals surface area (Å²) in [6, 6.07) is 4.66. The number of para-hydroxylation sites is 1.